The molecular formula is C15H29N3O6. The SMILES string of the molecule is NC(=O)CCC(=O)NC(CCCO)(CCCO)CCCOC(N)=O. The van der Waals surface area contributed by atoms with Gasteiger partial charge in [-0.2, -0.15) is 0 Å². The third-order valence-electron chi connectivity index (χ3n) is 3.67. The number of primary amides is 2. The third kappa shape index (κ3) is 10.8. The van der Waals surface area contributed by atoms with Gasteiger partial charge in [0.1, 0.15) is 0 Å². The molecule has 0 rings (SSSR count). The van der Waals surface area contributed by atoms with Crippen LogP contribution in [0.1, 0.15) is 51.4 Å². The zero-order valence-corrected chi connectivity index (χ0v) is 14.0. The van der Waals surface area contributed by atoms with Crippen LogP contribution in [-0.2, 0) is 14.3 Å². The molecule has 0 aromatic rings. The summed E-state index contributed by atoms with van der Waals surface area (Å²) in [6, 6.07) is 0. The number of aliphatic hydroxyl groups excluding tert-OH is 2. The lowest BCUT2D eigenvalue weighted by Crippen LogP contribution is -2.49. The van der Waals surface area contributed by atoms with E-state index in [0.29, 0.717) is 38.5 Å². The highest BCUT2D eigenvalue weighted by atomic mass is 16.5. The van der Waals surface area contributed by atoms with Gasteiger partial charge in [0.25, 0.3) is 0 Å². The van der Waals surface area contributed by atoms with E-state index >= 15 is 0 Å². The van der Waals surface area contributed by atoms with Gasteiger partial charge in [-0.1, -0.05) is 0 Å². The first-order valence-corrected chi connectivity index (χ1v) is 8.08. The van der Waals surface area contributed by atoms with Crippen molar-refractivity contribution in [2.75, 3.05) is 19.8 Å². The van der Waals surface area contributed by atoms with E-state index in [1.165, 1.54) is 0 Å². The van der Waals surface area contributed by atoms with Gasteiger partial charge in [-0.3, -0.25) is 9.59 Å². The molecule has 0 heterocycles. The first-order valence-electron chi connectivity index (χ1n) is 8.08. The highest BCUT2D eigenvalue weighted by molar-refractivity contribution is 5.83. The van der Waals surface area contributed by atoms with E-state index in [1.54, 1.807) is 0 Å². The molecule has 0 radical (unpaired) electrons. The molecule has 0 aromatic carbocycles. The molecule has 0 spiro atoms. The van der Waals surface area contributed by atoms with Crippen LogP contribution in [0.2, 0.25) is 0 Å². The zero-order chi connectivity index (χ0) is 18.4. The maximum absolute atomic E-state index is 12.1. The van der Waals surface area contributed by atoms with Crippen molar-refractivity contribution in [2.24, 2.45) is 11.5 Å². The standard InChI is InChI=1S/C15H29N3O6/c16-12(21)4-5-13(22)18-15(6-1-9-19,7-2-10-20)8-3-11-24-14(17)23/h19-20H,1-11H2,(H2,16,21)(H2,17,23)(H,18,22). The van der Waals surface area contributed by atoms with Gasteiger partial charge in [0.2, 0.25) is 11.8 Å². The molecular weight excluding hydrogens is 318 g/mol. The Balaban J connectivity index is 4.84. The molecule has 7 N–H and O–H groups in total. The fraction of sp³-hybridized carbons (Fsp3) is 0.800. The number of nitrogens with two attached hydrogens (primary N) is 2. The maximum Gasteiger partial charge on any atom is 0.404 e. The molecule has 0 bridgehead atoms. The lowest BCUT2D eigenvalue weighted by atomic mass is 9.83. The maximum atomic E-state index is 12.1. The summed E-state index contributed by atoms with van der Waals surface area (Å²) < 4.78 is 4.70. The molecule has 0 aliphatic heterocycles. The average molecular weight is 347 g/mol. The molecule has 3 amide bonds. The van der Waals surface area contributed by atoms with Crippen LogP contribution >= 0.6 is 0 Å². The van der Waals surface area contributed by atoms with E-state index in [1.807, 2.05) is 0 Å². The first-order chi connectivity index (χ1) is 11.3. The van der Waals surface area contributed by atoms with Crippen molar-refractivity contribution in [2.45, 2.75) is 56.9 Å². The molecule has 140 valence electrons. The van der Waals surface area contributed by atoms with Crippen molar-refractivity contribution in [3.05, 3.63) is 0 Å². The quantitative estimate of drug-likeness (QED) is 0.266. The smallest absolute Gasteiger partial charge is 0.404 e. The van der Waals surface area contributed by atoms with E-state index in [0.717, 1.165) is 0 Å². The Morgan fingerprint density at radius 3 is 1.92 bits per heavy atom. The van der Waals surface area contributed by atoms with E-state index in [9.17, 15) is 14.4 Å². The minimum atomic E-state index is -0.864. The average Bonchev–Trinajstić information content (AvgIpc) is 2.52. The first kappa shape index (κ1) is 22.1. The number of amides is 3. The normalized spacial score (nSPS) is 11.1. The highest BCUT2D eigenvalue weighted by Crippen LogP contribution is 2.26. The fourth-order valence-corrected chi connectivity index (χ4v) is 2.58. The number of hydrogen-bond donors (Lipinski definition) is 5. The van der Waals surface area contributed by atoms with Crippen molar-refractivity contribution < 1.29 is 29.3 Å². The fourth-order valence-electron chi connectivity index (χ4n) is 2.58. The summed E-state index contributed by atoms with van der Waals surface area (Å²) in [5.41, 5.74) is 9.31. The summed E-state index contributed by atoms with van der Waals surface area (Å²) in [4.78, 5) is 33.5. The summed E-state index contributed by atoms with van der Waals surface area (Å²) in [6.45, 7) is 0.0537. The molecule has 0 saturated heterocycles. The van der Waals surface area contributed by atoms with Crippen LogP contribution in [0.4, 0.5) is 4.79 Å². The summed E-state index contributed by atoms with van der Waals surface area (Å²) in [6.07, 6.45) is 1.97. The molecule has 0 atom stereocenters. The van der Waals surface area contributed by atoms with Crippen LogP contribution in [0, 0.1) is 0 Å². The van der Waals surface area contributed by atoms with Crippen molar-refractivity contribution in [3.8, 4) is 0 Å². The Kier molecular flexibility index (Phi) is 11.6. The Bertz CT molecular complexity index is 395. The van der Waals surface area contributed by atoms with Crippen molar-refractivity contribution >= 4 is 17.9 Å². The number of nitrogens with one attached hydrogen (secondary N) is 1. The van der Waals surface area contributed by atoms with Gasteiger partial charge >= 0.3 is 6.09 Å². The Hall–Kier alpha value is -1.87. The molecule has 0 aliphatic rings. The number of hydrogen-bond acceptors (Lipinski definition) is 6. The van der Waals surface area contributed by atoms with Crippen molar-refractivity contribution in [1.82, 2.24) is 5.32 Å². The van der Waals surface area contributed by atoms with Gasteiger partial charge in [-0.25, -0.2) is 4.79 Å². The second-order valence-electron chi connectivity index (χ2n) is 5.72. The monoisotopic (exact) mass is 347 g/mol. The van der Waals surface area contributed by atoms with Crippen LogP contribution < -0.4 is 16.8 Å². The second kappa shape index (κ2) is 12.5. The van der Waals surface area contributed by atoms with Crippen LogP contribution in [0.15, 0.2) is 0 Å². The lowest BCUT2D eigenvalue weighted by Gasteiger charge is -2.35. The summed E-state index contributed by atoms with van der Waals surface area (Å²) in [5.74, 6) is -0.878. The predicted octanol–water partition coefficient (Wildman–Crippen LogP) is -0.473. The molecule has 0 fully saturated rings. The molecule has 24 heavy (non-hydrogen) atoms. The topological polar surface area (TPSA) is 165 Å². The Morgan fingerprint density at radius 1 is 0.917 bits per heavy atom. The molecule has 0 saturated carbocycles. The van der Waals surface area contributed by atoms with Crippen LogP contribution in [0.5, 0.6) is 0 Å². The number of ether oxygens (including phenoxy) is 1. The molecule has 0 aromatic heterocycles. The van der Waals surface area contributed by atoms with E-state index in [4.69, 9.17) is 26.4 Å². The van der Waals surface area contributed by atoms with Gasteiger partial charge in [0.05, 0.1) is 6.61 Å². The van der Waals surface area contributed by atoms with Gasteiger partial charge in [-0.05, 0) is 38.5 Å². The summed E-state index contributed by atoms with van der Waals surface area (Å²) >= 11 is 0. The van der Waals surface area contributed by atoms with E-state index < -0.39 is 17.5 Å². The minimum Gasteiger partial charge on any atom is -0.450 e. The predicted molar refractivity (Wildman–Crippen MR) is 86.7 cm³/mol. The Labute approximate surface area is 141 Å². The van der Waals surface area contributed by atoms with E-state index in [2.05, 4.69) is 5.32 Å². The van der Waals surface area contributed by atoms with Crippen molar-refractivity contribution in [1.29, 1.82) is 0 Å². The number of carbonyl (C=O) groups is 3. The number of carbonyl (C=O) groups excluding carboxylic acids is 3. The van der Waals surface area contributed by atoms with Gasteiger partial charge in [-0.15, -0.1) is 0 Å². The van der Waals surface area contributed by atoms with Gasteiger partial charge in [0.15, 0.2) is 0 Å². The van der Waals surface area contributed by atoms with Crippen molar-refractivity contribution in [3.63, 3.8) is 0 Å². The van der Waals surface area contributed by atoms with Crippen LogP contribution in [-0.4, -0.2) is 53.5 Å². The summed E-state index contributed by atoms with van der Waals surface area (Å²) in [7, 11) is 0. The van der Waals surface area contributed by atoms with Gasteiger partial charge in [0, 0.05) is 31.6 Å². The second-order valence-corrected chi connectivity index (χ2v) is 5.72. The van der Waals surface area contributed by atoms with Crippen LogP contribution in [0.3, 0.4) is 0 Å². The third-order valence-corrected chi connectivity index (χ3v) is 3.67. The Morgan fingerprint density at radius 2 is 1.46 bits per heavy atom. The molecule has 9 heteroatoms. The molecule has 9 nitrogen and oxygen atoms in total. The van der Waals surface area contributed by atoms with Gasteiger partial charge < -0.3 is 31.7 Å². The lowest BCUT2D eigenvalue weighted by molar-refractivity contribution is -0.126. The largest absolute Gasteiger partial charge is 0.450 e. The number of aliphatic hydroxyl groups is 2. The molecule has 0 aliphatic carbocycles. The van der Waals surface area contributed by atoms with E-state index in [-0.39, 0.29) is 38.6 Å². The molecule has 0 unspecified atom stereocenters. The highest BCUT2D eigenvalue weighted by Gasteiger charge is 2.30. The number of rotatable bonds is 14. The summed E-state index contributed by atoms with van der Waals surface area (Å²) in [5, 5.41) is 21.1. The minimum absolute atomic E-state index is 0.0207. The van der Waals surface area contributed by atoms with Crippen LogP contribution in [0.25, 0.3) is 0 Å². The zero-order valence-electron chi connectivity index (χ0n) is 14.0.